The molecule has 8 heteroatoms. The normalized spacial score (nSPS) is 18.8. The molecule has 0 spiro atoms. The summed E-state index contributed by atoms with van der Waals surface area (Å²) < 4.78 is 5.43. The molecule has 0 bridgehead atoms. The van der Waals surface area contributed by atoms with Gasteiger partial charge in [-0.3, -0.25) is 14.6 Å². The van der Waals surface area contributed by atoms with Gasteiger partial charge in [0.25, 0.3) is 0 Å². The second kappa shape index (κ2) is 9.21. The summed E-state index contributed by atoms with van der Waals surface area (Å²) in [5.74, 6) is 0.00149. The van der Waals surface area contributed by atoms with Crippen molar-refractivity contribution in [2.75, 3.05) is 18.4 Å². The van der Waals surface area contributed by atoms with Gasteiger partial charge in [-0.2, -0.15) is 0 Å². The van der Waals surface area contributed by atoms with Crippen LogP contribution in [0, 0.1) is 5.92 Å². The Hall–Kier alpha value is -3.42. The van der Waals surface area contributed by atoms with E-state index in [0.717, 1.165) is 56.6 Å². The van der Waals surface area contributed by atoms with Gasteiger partial charge in [0, 0.05) is 37.0 Å². The molecule has 5 heterocycles. The molecule has 3 aromatic heterocycles. The van der Waals surface area contributed by atoms with Crippen molar-refractivity contribution in [2.24, 2.45) is 5.92 Å². The third-order valence-corrected chi connectivity index (χ3v) is 6.74. The van der Waals surface area contributed by atoms with Crippen molar-refractivity contribution in [3.05, 3.63) is 53.5 Å². The highest BCUT2D eigenvalue weighted by atomic mass is 16.4. The molecule has 8 nitrogen and oxygen atoms in total. The zero-order valence-corrected chi connectivity index (χ0v) is 18.5. The van der Waals surface area contributed by atoms with E-state index in [2.05, 4.69) is 22.4 Å². The summed E-state index contributed by atoms with van der Waals surface area (Å²) in [6.45, 7) is 1.52. The van der Waals surface area contributed by atoms with Crippen molar-refractivity contribution in [3.8, 4) is 0 Å². The van der Waals surface area contributed by atoms with E-state index in [1.807, 2.05) is 0 Å². The quantitative estimate of drug-likeness (QED) is 0.537. The highest BCUT2D eigenvalue weighted by molar-refractivity contribution is 5.82. The first-order valence-corrected chi connectivity index (χ1v) is 11.7. The number of aliphatic carboxylic acids is 1. The molecule has 2 unspecified atom stereocenters. The molecule has 0 saturated carbocycles. The first-order valence-electron chi connectivity index (χ1n) is 11.7. The first-order chi connectivity index (χ1) is 16.1. The van der Waals surface area contributed by atoms with E-state index in [9.17, 15) is 14.7 Å². The number of carboxylic acid groups (broad SMARTS) is 1. The number of carboxylic acids is 1. The number of nitrogens with zero attached hydrogens (tertiary/aromatic N) is 3. The topological polar surface area (TPSA) is 109 Å². The van der Waals surface area contributed by atoms with Crippen molar-refractivity contribution < 1.29 is 19.1 Å². The van der Waals surface area contributed by atoms with E-state index in [0.29, 0.717) is 23.2 Å². The molecular formula is C25H28N4O4. The Morgan fingerprint density at radius 1 is 1.33 bits per heavy atom. The molecule has 172 valence electrons. The van der Waals surface area contributed by atoms with Gasteiger partial charge < -0.3 is 19.7 Å². The average molecular weight is 449 g/mol. The third kappa shape index (κ3) is 4.55. The van der Waals surface area contributed by atoms with Gasteiger partial charge in [0.15, 0.2) is 5.58 Å². The van der Waals surface area contributed by atoms with E-state index in [1.54, 1.807) is 29.5 Å². The lowest BCUT2D eigenvalue weighted by molar-refractivity contribution is -0.140. The summed E-state index contributed by atoms with van der Waals surface area (Å²) in [4.78, 5) is 35.6. The fourth-order valence-electron chi connectivity index (χ4n) is 5.00. The Bertz CT molecular complexity index is 1170. The fraction of sp³-hybridized carbons (Fsp3) is 0.440. The SMILES string of the molecule is O=C(O)CC(c1cnc2ccoc2c1)N1CCC(CCCc2ccc3c(n2)NCCC3)C1=O. The van der Waals surface area contributed by atoms with Crippen LogP contribution in [-0.4, -0.2) is 44.9 Å². The van der Waals surface area contributed by atoms with E-state index in [4.69, 9.17) is 9.40 Å². The van der Waals surface area contributed by atoms with Crippen LogP contribution in [0.15, 0.2) is 41.1 Å². The molecule has 5 rings (SSSR count). The number of aromatic nitrogens is 2. The van der Waals surface area contributed by atoms with Crippen LogP contribution in [0.5, 0.6) is 0 Å². The van der Waals surface area contributed by atoms with Crippen LogP contribution in [0.3, 0.4) is 0 Å². The molecule has 0 aromatic carbocycles. The molecule has 2 atom stereocenters. The number of fused-ring (bicyclic) bond motifs is 2. The summed E-state index contributed by atoms with van der Waals surface area (Å²) in [6.07, 6.45) is 8.49. The van der Waals surface area contributed by atoms with Crippen LogP contribution in [0.2, 0.25) is 0 Å². The van der Waals surface area contributed by atoms with Crippen LogP contribution in [-0.2, 0) is 22.4 Å². The summed E-state index contributed by atoms with van der Waals surface area (Å²) in [7, 11) is 0. The Morgan fingerprint density at radius 2 is 2.24 bits per heavy atom. The number of pyridine rings is 2. The van der Waals surface area contributed by atoms with Crippen molar-refractivity contribution in [2.45, 2.75) is 51.0 Å². The maximum absolute atomic E-state index is 13.2. The lowest BCUT2D eigenvalue weighted by Crippen LogP contribution is -2.33. The van der Waals surface area contributed by atoms with Gasteiger partial charge in [0.1, 0.15) is 11.3 Å². The van der Waals surface area contributed by atoms with Gasteiger partial charge in [-0.15, -0.1) is 0 Å². The van der Waals surface area contributed by atoms with Crippen molar-refractivity contribution in [3.63, 3.8) is 0 Å². The number of carbonyl (C=O) groups is 2. The summed E-state index contributed by atoms with van der Waals surface area (Å²) in [6, 6.07) is 7.26. The Balaban J connectivity index is 1.23. The van der Waals surface area contributed by atoms with Crippen molar-refractivity contribution in [1.82, 2.24) is 14.9 Å². The van der Waals surface area contributed by atoms with E-state index < -0.39 is 12.0 Å². The van der Waals surface area contributed by atoms with Gasteiger partial charge in [-0.1, -0.05) is 6.07 Å². The average Bonchev–Trinajstić information content (AvgIpc) is 3.43. The summed E-state index contributed by atoms with van der Waals surface area (Å²) in [5, 5.41) is 12.9. The predicted molar refractivity (Wildman–Crippen MR) is 123 cm³/mol. The van der Waals surface area contributed by atoms with Crippen molar-refractivity contribution in [1.29, 1.82) is 0 Å². The number of hydrogen-bond acceptors (Lipinski definition) is 6. The Morgan fingerprint density at radius 3 is 3.12 bits per heavy atom. The van der Waals surface area contributed by atoms with Crippen molar-refractivity contribution >= 4 is 28.8 Å². The van der Waals surface area contributed by atoms with Crippen LogP contribution < -0.4 is 5.32 Å². The minimum atomic E-state index is -0.942. The minimum Gasteiger partial charge on any atom is -0.481 e. The highest BCUT2D eigenvalue weighted by Gasteiger charge is 2.37. The summed E-state index contributed by atoms with van der Waals surface area (Å²) >= 11 is 0. The van der Waals surface area contributed by atoms with Gasteiger partial charge in [0.05, 0.1) is 18.7 Å². The first kappa shape index (κ1) is 21.4. The van der Waals surface area contributed by atoms with Crippen LogP contribution in [0.25, 0.3) is 11.1 Å². The molecule has 2 aliphatic rings. The van der Waals surface area contributed by atoms with Gasteiger partial charge in [-0.25, -0.2) is 4.98 Å². The van der Waals surface area contributed by atoms with Crippen LogP contribution in [0.1, 0.15) is 55.0 Å². The lowest BCUT2D eigenvalue weighted by atomic mass is 9.98. The zero-order valence-electron chi connectivity index (χ0n) is 18.5. The monoisotopic (exact) mass is 448 g/mol. The molecular weight excluding hydrogens is 420 g/mol. The smallest absolute Gasteiger partial charge is 0.305 e. The number of furan rings is 1. The Labute approximate surface area is 192 Å². The standard InChI is InChI=1S/C25H28N4O4/c30-23(31)14-21(18-13-22-20(27-15-18)9-12-33-22)29-11-8-17(25(29)32)3-1-5-19-7-6-16-4-2-10-26-24(16)28-19/h6-7,9,12-13,15,17,21H,1-5,8,10-11,14H2,(H,26,28)(H,30,31). The minimum absolute atomic E-state index is 0.0286. The fourth-order valence-corrected chi connectivity index (χ4v) is 5.00. The number of aryl methyl sites for hydroxylation is 2. The number of nitrogens with one attached hydrogen (secondary N) is 1. The molecule has 0 aliphatic carbocycles. The largest absolute Gasteiger partial charge is 0.481 e. The molecule has 1 saturated heterocycles. The maximum Gasteiger partial charge on any atom is 0.305 e. The predicted octanol–water partition coefficient (Wildman–Crippen LogP) is 3.97. The number of carbonyl (C=O) groups excluding carboxylic acids is 1. The number of likely N-dealkylation sites (tertiary alicyclic amines) is 1. The summed E-state index contributed by atoms with van der Waals surface area (Å²) in [5.41, 5.74) is 4.33. The lowest BCUT2D eigenvalue weighted by Gasteiger charge is -2.27. The van der Waals surface area contributed by atoms with E-state index >= 15 is 0 Å². The number of hydrogen-bond donors (Lipinski definition) is 2. The molecule has 3 aromatic rings. The molecule has 1 fully saturated rings. The number of amides is 1. The molecule has 1 amide bonds. The molecule has 33 heavy (non-hydrogen) atoms. The van der Waals surface area contributed by atoms with E-state index in [1.165, 1.54) is 5.56 Å². The Kier molecular flexibility index (Phi) is 5.98. The van der Waals surface area contributed by atoms with Gasteiger partial charge in [0.2, 0.25) is 5.91 Å². The van der Waals surface area contributed by atoms with Crippen LogP contribution >= 0.6 is 0 Å². The highest BCUT2D eigenvalue weighted by Crippen LogP contribution is 2.34. The zero-order chi connectivity index (χ0) is 22.8. The third-order valence-electron chi connectivity index (χ3n) is 6.74. The maximum atomic E-state index is 13.2. The molecule has 2 aliphatic heterocycles. The second-order valence-corrected chi connectivity index (χ2v) is 8.94. The van der Waals surface area contributed by atoms with Gasteiger partial charge in [-0.05, 0) is 61.8 Å². The number of rotatable bonds is 8. The van der Waals surface area contributed by atoms with Crippen LogP contribution in [0.4, 0.5) is 5.82 Å². The van der Waals surface area contributed by atoms with E-state index in [-0.39, 0.29) is 18.2 Å². The molecule has 2 N–H and O–H groups in total. The number of anilines is 1. The second-order valence-electron chi connectivity index (χ2n) is 8.94. The molecule has 0 radical (unpaired) electrons. The van der Waals surface area contributed by atoms with Gasteiger partial charge >= 0.3 is 5.97 Å².